The number of ether oxygens (including phenoxy) is 1. The Bertz CT molecular complexity index is 1100. The van der Waals surface area contributed by atoms with Crippen LogP contribution in [0.5, 0.6) is 0 Å². The van der Waals surface area contributed by atoms with Crippen LogP contribution in [0, 0.1) is 23.7 Å². The van der Waals surface area contributed by atoms with Crippen LogP contribution in [-0.2, 0) is 14.3 Å². The van der Waals surface area contributed by atoms with E-state index in [2.05, 4.69) is 34.9 Å². The third kappa shape index (κ3) is 4.40. The highest BCUT2D eigenvalue weighted by Crippen LogP contribution is 2.50. The van der Waals surface area contributed by atoms with Crippen molar-refractivity contribution >= 4 is 18.0 Å². The molecule has 5 atom stereocenters. The minimum absolute atomic E-state index is 0.00572. The molecule has 2 aromatic carbocycles. The predicted octanol–water partition coefficient (Wildman–Crippen LogP) is 4.17. The maximum atomic E-state index is 12.7. The lowest BCUT2D eigenvalue weighted by atomic mass is 9.71. The molecule has 7 heteroatoms. The number of nitrogens with one attached hydrogen (secondary N) is 2. The highest BCUT2D eigenvalue weighted by atomic mass is 16.5. The van der Waals surface area contributed by atoms with Gasteiger partial charge in [-0.05, 0) is 59.3 Å². The van der Waals surface area contributed by atoms with Gasteiger partial charge in [-0.2, -0.15) is 0 Å². The largest absolute Gasteiger partial charge is 0.480 e. The Balaban J connectivity index is 1.14. The zero-order valence-electron chi connectivity index (χ0n) is 20.1. The zero-order chi connectivity index (χ0) is 24.7. The molecule has 3 aliphatic carbocycles. The smallest absolute Gasteiger partial charge is 0.407 e. The summed E-state index contributed by atoms with van der Waals surface area (Å²) in [5.41, 5.74) is 4.74. The van der Waals surface area contributed by atoms with Crippen LogP contribution < -0.4 is 10.6 Å². The third-order valence-electron chi connectivity index (χ3n) is 8.07. The van der Waals surface area contributed by atoms with Gasteiger partial charge >= 0.3 is 12.1 Å². The first-order chi connectivity index (χ1) is 16.8. The van der Waals surface area contributed by atoms with Crippen LogP contribution in [0.1, 0.15) is 50.2 Å². The van der Waals surface area contributed by atoms with Gasteiger partial charge in [0.25, 0.3) is 0 Å². The molecule has 3 N–H and O–H groups in total. The fourth-order valence-corrected chi connectivity index (χ4v) is 6.18. The number of hydrogen-bond donors (Lipinski definition) is 3. The summed E-state index contributed by atoms with van der Waals surface area (Å²) in [7, 11) is 0. The molecule has 0 saturated heterocycles. The summed E-state index contributed by atoms with van der Waals surface area (Å²) in [4.78, 5) is 36.7. The molecular formula is C28H32N2O5. The first-order valence-corrected chi connectivity index (χ1v) is 12.5. The quantitative estimate of drug-likeness (QED) is 0.557. The average Bonchev–Trinajstić information content (AvgIpc) is 3.34. The minimum atomic E-state index is -1.01. The summed E-state index contributed by atoms with van der Waals surface area (Å²) in [5.74, 6) is -0.965. The molecule has 5 rings (SSSR count). The van der Waals surface area contributed by atoms with Gasteiger partial charge in [0.15, 0.2) is 0 Å². The van der Waals surface area contributed by atoms with Crippen LogP contribution in [0.4, 0.5) is 4.79 Å². The summed E-state index contributed by atoms with van der Waals surface area (Å²) in [6, 6.07) is 15.6. The van der Waals surface area contributed by atoms with E-state index < -0.39 is 18.1 Å². The Labute approximate surface area is 205 Å². The molecule has 2 saturated carbocycles. The molecule has 7 nitrogen and oxygen atoms in total. The number of carbonyl (C=O) groups is 3. The molecular weight excluding hydrogens is 444 g/mol. The number of rotatable bonds is 7. The summed E-state index contributed by atoms with van der Waals surface area (Å²) in [6.45, 7) is 3.84. The lowest BCUT2D eigenvalue weighted by molar-refractivity contribution is -0.143. The van der Waals surface area contributed by atoms with Crippen molar-refractivity contribution in [3.63, 3.8) is 0 Å². The fraction of sp³-hybridized carbons (Fsp3) is 0.464. The number of alkyl carbamates (subject to hydrolysis) is 1. The van der Waals surface area contributed by atoms with Crippen molar-refractivity contribution in [1.29, 1.82) is 0 Å². The van der Waals surface area contributed by atoms with Crippen molar-refractivity contribution in [3.8, 4) is 11.1 Å². The molecule has 2 unspecified atom stereocenters. The second-order valence-electron chi connectivity index (χ2n) is 10.5. The highest BCUT2D eigenvalue weighted by molar-refractivity contribution is 5.85. The van der Waals surface area contributed by atoms with Gasteiger partial charge in [0, 0.05) is 17.9 Å². The number of fused-ring (bicyclic) bond motifs is 4. The number of carboxylic acids is 1. The fourth-order valence-electron chi connectivity index (χ4n) is 6.18. The highest BCUT2D eigenvalue weighted by Gasteiger charge is 2.50. The van der Waals surface area contributed by atoms with Gasteiger partial charge in [0.1, 0.15) is 12.6 Å². The Hall–Kier alpha value is -3.35. The topological polar surface area (TPSA) is 105 Å². The summed E-state index contributed by atoms with van der Waals surface area (Å²) >= 11 is 0. The predicted molar refractivity (Wildman–Crippen MR) is 131 cm³/mol. The van der Waals surface area contributed by atoms with Crippen LogP contribution in [0.25, 0.3) is 11.1 Å². The molecule has 2 aromatic rings. The summed E-state index contributed by atoms with van der Waals surface area (Å²) in [6.07, 6.45) is 1.80. The van der Waals surface area contributed by atoms with Crippen LogP contribution >= 0.6 is 0 Å². The number of amides is 2. The van der Waals surface area contributed by atoms with E-state index in [0.717, 1.165) is 12.8 Å². The van der Waals surface area contributed by atoms with Gasteiger partial charge in [-0.25, -0.2) is 9.59 Å². The van der Waals surface area contributed by atoms with Gasteiger partial charge in [-0.3, -0.25) is 4.79 Å². The van der Waals surface area contributed by atoms with Crippen LogP contribution in [0.3, 0.4) is 0 Å². The molecule has 2 fully saturated rings. The van der Waals surface area contributed by atoms with Gasteiger partial charge in [-0.1, -0.05) is 62.4 Å². The molecule has 0 spiro atoms. The van der Waals surface area contributed by atoms with E-state index in [4.69, 9.17) is 4.74 Å². The van der Waals surface area contributed by atoms with Crippen molar-refractivity contribution in [2.24, 2.45) is 23.7 Å². The van der Waals surface area contributed by atoms with E-state index in [0.29, 0.717) is 12.3 Å². The molecule has 0 aromatic heterocycles. The molecule has 2 amide bonds. The lowest BCUT2D eigenvalue weighted by Gasteiger charge is -2.40. The molecule has 0 bridgehead atoms. The van der Waals surface area contributed by atoms with Gasteiger partial charge in [0.05, 0.1) is 0 Å². The maximum absolute atomic E-state index is 12.7. The van der Waals surface area contributed by atoms with Crippen molar-refractivity contribution in [3.05, 3.63) is 59.7 Å². The molecule has 0 radical (unpaired) electrons. The first-order valence-electron chi connectivity index (χ1n) is 12.5. The number of benzene rings is 2. The Morgan fingerprint density at radius 3 is 2.20 bits per heavy atom. The van der Waals surface area contributed by atoms with E-state index >= 15 is 0 Å². The van der Waals surface area contributed by atoms with E-state index in [-0.39, 0.29) is 42.2 Å². The van der Waals surface area contributed by atoms with Crippen molar-refractivity contribution in [2.45, 2.75) is 51.1 Å². The second kappa shape index (κ2) is 9.36. The van der Waals surface area contributed by atoms with Crippen molar-refractivity contribution in [2.75, 3.05) is 6.61 Å². The molecule has 3 aliphatic rings. The Morgan fingerprint density at radius 2 is 1.60 bits per heavy atom. The monoisotopic (exact) mass is 476 g/mol. The van der Waals surface area contributed by atoms with Gasteiger partial charge < -0.3 is 20.5 Å². The normalized spacial score (nSPS) is 25.1. The lowest BCUT2D eigenvalue weighted by Crippen LogP contribution is -2.50. The SMILES string of the molecule is CC(C)C(NC(=O)C1C[C@@H]2C[C@H](NC(=O)OCC3c4ccccc4-c4ccccc43)[C@@H]2C1)C(=O)O. The molecule has 0 heterocycles. The van der Waals surface area contributed by atoms with Crippen molar-refractivity contribution < 1.29 is 24.2 Å². The molecule has 35 heavy (non-hydrogen) atoms. The van der Waals surface area contributed by atoms with Gasteiger partial charge in [-0.15, -0.1) is 0 Å². The average molecular weight is 477 g/mol. The number of hydrogen-bond acceptors (Lipinski definition) is 4. The van der Waals surface area contributed by atoms with E-state index in [1.54, 1.807) is 13.8 Å². The number of aliphatic carboxylic acids is 1. The van der Waals surface area contributed by atoms with Gasteiger partial charge in [0.2, 0.25) is 5.91 Å². The Kier molecular flexibility index (Phi) is 6.26. The molecule has 184 valence electrons. The summed E-state index contributed by atoms with van der Waals surface area (Å²) < 4.78 is 5.68. The second-order valence-corrected chi connectivity index (χ2v) is 10.5. The van der Waals surface area contributed by atoms with Crippen molar-refractivity contribution in [1.82, 2.24) is 10.6 Å². The van der Waals surface area contributed by atoms with E-state index in [1.165, 1.54) is 22.3 Å². The standard InChI is InChI=1S/C28H32N2O5/c1-15(2)25(27(32)33)30-26(31)17-11-16-13-24(22(16)12-17)29-28(34)35-14-23-20-9-5-3-7-18(20)19-8-4-6-10-21(19)23/h3-10,15-17,22-25H,11-14H2,1-2H3,(H,29,34)(H,30,31)(H,32,33)/t16-,17?,22-,24+,25?/m1/s1. The first kappa shape index (κ1) is 23.4. The van der Waals surface area contributed by atoms with E-state index in [9.17, 15) is 19.5 Å². The van der Waals surface area contributed by atoms with Crippen LogP contribution in [-0.4, -0.2) is 41.8 Å². The van der Waals surface area contributed by atoms with E-state index in [1.807, 2.05) is 24.3 Å². The van der Waals surface area contributed by atoms with Crippen LogP contribution in [0.15, 0.2) is 48.5 Å². The summed E-state index contributed by atoms with van der Waals surface area (Å²) in [5, 5.41) is 15.1. The third-order valence-corrected chi connectivity index (χ3v) is 8.07. The maximum Gasteiger partial charge on any atom is 0.407 e. The number of carboxylic acid groups (broad SMARTS) is 1. The Morgan fingerprint density at radius 1 is 0.971 bits per heavy atom. The number of carbonyl (C=O) groups excluding carboxylic acids is 2. The molecule has 0 aliphatic heterocycles. The van der Waals surface area contributed by atoms with Crippen LogP contribution in [0.2, 0.25) is 0 Å². The zero-order valence-corrected chi connectivity index (χ0v) is 20.1. The minimum Gasteiger partial charge on any atom is -0.480 e.